The van der Waals surface area contributed by atoms with Crippen LogP contribution < -0.4 is 5.56 Å². The number of aromatic nitrogens is 2. The number of aromatic amines is 1. The highest BCUT2D eigenvalue weighted by atomic mass is 16.5. The Bertz CT molecular complexity index is 449. The molecule has 0 spiro atoms. The van der Waals surface area contributed by atoms with E-state index in [1.54, 1.807) is 12.0 Å². The van der Waals surface area contributed by atoms with Crippen LogP contribution in [-0.2, 0) is 4.74 Å². The van der Waals surface area contributed by atoms with Gasteiger partial charge in [0.05, 0.1) is 6.61 Å². The number of carbonyl (C=O) groups is 1. The zero-order valence-corrected chi connectivity index (χ0v) is 10.4. The van der Waals surface area contributed by atoms with Gasteiger partial charge < -0.3 is 9.64 Å². The van der Waals surface area contributed by atoms with E-state index in [-0.39, 0.29) is 17.2 Å². The molecule has 0 aliphatic carbocycles. The molecule has 18 heavy (non-hydrogen) atoms. The summed E-state index contributed by atoms with van der Waals surface area (Å²) in [6.07, 6.45) is 2.06. The minimum Gasteiger partial charge on any atom is -0.384 e. The second-order valence-electron chi connectivity index (χ2n) is 4.52. The van der Waals surface area contributed by atoms with E-state index in [1.807, 2.05) is 0 Å². The van der Waals surface area contributed by atoms with Crippen LogP contribution in [0.3, 0.4) is 0 Å². The van der Waals surface area contributed by atoms with E-state index < -0.39 is 0 Å². The molecular formula is C12H17N3O3. The molecule has 1 aliphatic rings. The monoisotopic (exact) mass is 251 g/mol. The fourth-order valence-electron chi connectivity index (χ4n) is 2.25. The highest BCUT2D eigenvalue weighted by molar-refractivity contribution is 5.92. The van der Waals surface area contributed by atoms with Crippen LogP contribution in [0.25, 0.3) is 0 Å². The predicted molar refractivity (Wildman–Crippen MR) is 65.4 cm³/mol. The molecule has 1 atom stereocenters. The summed E-state index contributed by atoms with van der Waals surface area (Å²) in [6, 6.07) is 2.78. The largest absolute Gasteiger partial charge is 0.384 e. The molecule has 0 aromatic carbocycles. The van der Waals surface area contributed by atoms with E-state index >= 15 is 0 Å². The first-order valence-corrected chi connectivity index (χ1v) is 6.04. The van der Waals surface area contributed by atoms with Crippen molar-refractivity contribution in [2.45, 2.75) is 12.8 Å². The number of hydrogen-bond donors (Lipinski definition) is 1. The van der Waals surface area contributed by atoms with Gasteiger partial charge in [0.2, 0.25) is 0 Å². The molecule has 1 amide bonds. The number of amides is 1. The first-order chi connectivity index (χ1) is 8.70. The summed E-state index contributed by atoms with van der Waals surface area (Å²) < 4.78 is 5.13. The third kappa shape index (κ3) is 2.95. The number of carbonyl (C=O) groups excluding carboxylic acids is 1. The van der Waals surface area contributed by atoms with Gasteiger partial charge in [0, 0.05) is 26.3 Å². The van der Waals surface area contributed by atoms with Crippen LogP contribution in [-0.4, -0.2) is 47.8 Å². The Balaban J connectivity index is 2.04. The maximum Gasteiger partial charge on any atom is 0.274 e. The molecule has 1 N–H and O–H groups in total. The Morgan fingerprint density at radius 1 is 1.61 bits per heavy atom. The number of methoxy groups -OCH3 is 1. The van der Waals surface area contributed by atoms with Crippen molar-refractivity contribution in [2.75, 3.05) is 26.8 Å². The number of nitrogens with one attached hydrogen (secondary N) is 1. The Kier molecular flexibility index (Phi) is 4.09. The van der Waals surface area contributed by atoms with Gasteiger partial charge in [0.25, 0.3) is 11.5 Å². The summed E-state index contributed by atoms with van der Waals surface area (Å²) in [5.41, 5.74) is -0.0184. The van der Waals surface area contributed by atoms with Crippen molar-refractivity contribution < 1.29 is 9.53 Å². The third-order valence-corrected chi connectivity index (χ3v) is 3.11. The lowest BCUT2D eigenvalue weighted by atomic mass is 9.99. The van der Waals surface area contributed by atoms with Gasteiger partial charge in [0.15, 0.2) is 0 Å². The summed E-state index contributed by atoms with van der Waals surface area (Å²) in [5.74, 6) is 0.252. The van der Waals surface area contributed by atoms with E-state index in [0.717, 1.165) is 19.4 Å². The minimum absolute atomic E-state index is 0.132. The lowest BCUT2D eigenvalue weighted by molar-refractivity contribution is 0.0564. The van der Waals surface area contributed by atoms with E-state index in [4.69, 9.17) is 4.74 Å². The number of nitrogens with zero attached hydrogens (tertiary/aromatic N) is 2. The first-order valence-electron chi connectivity index (χ1n) is 6.04. The Hall–Kier alpha value is -1.69. The zero-order valence-electron chi connectivity index (χ0n) is 10.4. The molecule has 1 aromatic rings. The average molecular weight is 251 g/mol. The molecule has 1 saturated heterocycles. The second-order valence-corrected chi connectivity index (χ2v) is 4.52. The predicted octanol–water partition coefficient (Wildman–Crippen LogP) is 0.269. The van der Waals surface area contributed by atoms with Crippen LogP contribution in [0, 0.1) is 5.92 Å². The van der Waals surface area contributed by atoms with Gasteiger partial charge in [0.1, 0.15) is 5.69 Å². The lowest BCUT2D eigenvalue weighted by Crippen LogP contribution is -2.41. The van der Waals surface area contributed by atoms with E-state index in [2.05, 4.69) is 10.2 Å². The molecule has 2 rings (SSSR count). The normalized spacial score (nSPS) is 19.8. The third-order valence-electron chi connectivity index (χ3n) is 3.11. The topological polar surface area (TPSA) is 75.3 Å². The van der Waals surface area contributed by atoms with Crippen molar-refractivity contribution in [2.24, 2.45) is 5.92 Å². The maximum atomic E-state index is 12.2. The van der Waals surface area contributed by atoms with Gasteiger partial charge in [-0.2, -0.15) is 5.10 Å². The second kappa shape index (κ2) is 5.77. The molecule has 6 heteroatoms. The van der Waals surface area contributed by atoms with Gasteiger partial charge in [-0.3, -0.25) is 9.59 Å². The summed E-state index contributed by atoms with van der Waals surface area (Å²) in [4.78, 5) is 24.8. The number of rotatable bonds is 3. The van der Waals surface area contributed by atoms with Gasteiger partial charge in [-0.1, -0.05) is 0 Å². The van der Waals surface area contributed by atoms with Crippen molar-refractivity contribution >= 4 is 5.91 Å². The summed E-state index contributed by atoms with van der Waals surface area (Å²) in [6.45, 7) is 2.09. The standard InChI is InChI=1S/C12H17N3O3/c1-18-8-9-3-2-6-15(7-9)12(17)10-4-5-11(16)14-13-10/h4-5,9H,2-3,6-8H2,1H3,(H,14,16). The van der Waals surface area contributed by atoms with Crippen LogP contribution in [0.5, 0.6) is 0 Å². The summed E-state index contributed by atoms with van der Waals surface area (Å²) >= 11 is 0. The van der Waals surface area contributed by atoms with Crippen LogP contribution in [0.4, 0.5) is 0 Å². The molecule has 98 valence electrons. The summed E-state index contributed by atoms with van der Waals surface area (Å²) in [7, 11) is 1.67. The SMILES string of the molecule is COCC1CCCN(C(=O)c2ccc(=O)[nH]n2)C1. The molecular weight excluding hydrogens is 234 g/mol. The van der Waals surface area contributed by atoms with Crippen molar-refractivity contribution in [3.8, 4) is 0 Å². The van der Waals surface area contributed by atoms with Crippen molar-refractivity contribution in [1.82, 2.24) is 15.1 Å². The number of piperidine rings is 1. The van der Waals surface area contributed by atoms with E-state index in [0.29, 0.717) is 19.1 Å². The maximum absolute atomic E-state index is 12.2. The quantitative estimate of drug-likeness (QED) is 0.836. The van der Waals surface area contributed by atoms with Crippen LogP contribution in [0.2, 0.25) is 0 Å². The van der Waals surface area contributed by atoms with Gasteiger partial charge in [-0.05, 0) is 24.8 Å². The molecule has 1 unspecified atom stereocenters. The van der Waals surface area contributed by atoms with Gasteiger partial charge in [-0.15, -0.1) is 0 Å². The molecule has 1 fully saturated rings. The fraction of sp³-hybridized carbons (Fsp3) is 0.583. The van der Waals surface area contributed by atoms with Crippen molar-refractivity contribution in [3.05, 3.63) is 28.2 Å². The lowest BCUT2D eigenvalue weighted by Gasteiger charge is -2.32. The molecule has 6 nitrogen and oxygen atoms in total. The highest BCUT2D eigenvalue weighted by Crippen LogP contribution is 2.17. The molecule has 0 radical (unpaired) electrons. The Morgan fingerprint density at radius 2 is 2.44 bits per heavy atom. The van der Waals surface area contributed by atoms with Crippen molar-refractivity contribution in [1.29, 1.82) is 0 Å². The van der Waals surface area contributed by atoms with Crippen LogP contribution >= 0.6 is 0 Å². The van der Waals surface area contributed by atoms with E-state index in [1.165, 1.54) is 12.1 Å². The van der Waals surface area contributed by atoms with Crippen LogP contribution in [0.1, 0.15) is 23.3 Å². The molecule has 1 aliphatic heterocycles. The fourth-order valence-corrected chi connectivity index (χ4v) is 2.25. The van der Waals surface area contributed by atoms with E-state index in [9.17, 15) is 9.59 Å². The average Bonchev–Trinajstić information content (AvgIpc) is 2.39. The minimum atomic E-state index is -0.303. The number of H-pyrrole nitrogens is 1. The van der Waals surface area contributed by atoms with Gasteiger partial charge >= 0.3 is 0 Å². The highest BCUT2D eigenvalue weighted by Gasteiger charge is 2.25. The first kappa shape index (κ1) is 12.8. The Morgan fingerprint density at radius 3 is 3.11 bits per heavy atom. The number of ether oxygens (including phenoxy) is 1. The van der Waals surface area contributed by atoms with Gasteiger partial charge in [-0.25, -0.2) is 5.10 Å². The summed E-state index contributed by atoms with van der Waals surface area (Å²) in [5, 5.41) is 6.04. The number of likely N-dealkylation sites (tertiary alicyclic amines) is 1. The smallest absolute Gasteiger partial charge is 0.274 e. The molecule has 2 heterocycles. The Labute approximate surface area is 105 Å². The zero-order chi connectivity index (χ0) is 13.0. The van der Waals surface area contributed by atoms with Crippen molar-refractivity contribution in [3.63, 3.8) is 0 Å². The molecule has 0 saturated carbocycles. The number of hydrogen-bond acceptors (Lipinski definition) is 4. The molecule has 1 aromatic heterocycles. The molecule has 0 bridgehead atoms. The van der Waals surface area contributed by atoms with Crippen LogP contribution in [0.15, 0.2) is 16.9 Å².